The zero-order chi connectivity index (χ0) is 9.42. The van der Waals surface area contributed by atoms with Crippen molar-refractivity contribution < 1.29 is 5.11 Å². The third-order valence-corrected chi connectivity index (χ3v) is 3.58. The highest BCUT2D eigenvalue weighted by atomic mass is 16.3. The summed E-state index contributed by atoms with van der Waals surface area (Å²) in [6.07, 6.45) is 3.36. The Labute approximate surface area is 80.2 Å². The Bertz CT molecular complexity index is 214. The third kappa shape index (κ3) is 1.53. The summed E-state index contributed by atoms with van der Waals surface area (Å²) in [7, 11) is 0. The van der Waals surface area contributed by atoms with Crippen molar-refractivity contribution in [3.63, 3.8) is 0 Å². The second-order valence-corrected chi connectivity index (χ2v) is 4.48. The van der Waals surface area contributed by atoms with E-state index in [1.807, 2.05) is 6.92 Å². The van der Waals surface area contributed by atoms with Crippen LogP contribution in [0.4, 0.5) is 0 Å². The highest BCUT2D eigenvalue weighted by Crippen LogP contribution is 2.33. The van der Waals surface area contributed by atoms with Crippen LogP contribution in [-0.2, 0) is 0 Å². The van der Waals surface area contributed by atoms with Gasteiger partial charge in [0.25, 0.3) is 0 Å². The highest BCUT2D eigenvalue weighted by Gasteiger charge is 2.39. The number of aliphatic hydroxyl groups excluding tert-OH is 1. The standard InChI is InChI=1S/C11H19NO/c1-8(2)9-5-7-12-6-3-4-10(12)11(9)13/h9-11,13H,1,3-7H2,2H3/t9-,10+,11-/m1/s1. The van der Waals surface area contributed by atoms with Crippen LogP contribution in [0.5, 0.6) is 0 Å². The van der Waals surface area contributed by atoms with E-state index in [1.54, 1.807) is 0 Å². The third-order valence-electron chi connectivity index (χ3n) is 3.58. The molecule has 13 heavy (non-hydrogen) atoms. The van der Waals surface area contributed by atoms with E-state index < -0.39 is 0 Å². The van der Waals surface area contributed by atoms with Gasteiger partial charge in [0.1, 0.15) is 0 Å². The first-order chi connectivity index (χ1) is 6.20. The summed E-state index contributed by atoms with van der Waals surface area (Å²) in [6, 6.07) is 0.426. The van der Waals surface area contributed by atoms with E-state index in [1.165, 1.54) is 19.4 Å². The Hall–Kier alpha value is -0.340. The highest BCUT2D eigenvalue weighted by molar-refractivity contribution is 5.06. The molecule has 0 saturated carbocycles. The van der Waals surface area contributed by atoms with Gasteiger partial charge in [0.05, 0.1) is 6.10 Å². The molecule has 3 atom stereocenters. The summed E-state index contributed by atoms with van der Waals surface area (Å²) in [6.45, 7) is 8.34. The number of fused-ring (bicyclic) bond motifs is 1. The molecule has 1 N–H and O–H groups in total. The van der Waals surface area contributed by atoms with Gasteiger partial charge in [-0.25, -0.2) is 0 Å². The molecule has 2 saturated heterocycles. The van der Waals surface area contributed by atoms with Crippen LogP contribution in [0.15, 0.2) is 12.2 Å². The lowest BCUT2D eigenvalue weighted by molar-refractivity contribution is 0.00191. The van der Waals surface area contributed by atoms with Gasteiger partial charge >= 0.3 is 0 Å². The summed E-state index contributed by atoms with van der Waals surface area (Å²) in [5, 5.41) is 10.1. The molecule has 0 spiro atoms. The van der Waals surface area contributed by atoms with Crippen molar-refractivity contribution in [3.05, 3.63) is 12.2 Å². The van der Waals surface area contributed by atoms with Crippen LogP contribution in [0.25, 0.3) is 0 Å². The molecule has 0 aromatic heterocycles. The Kier molecular flexibility index (Phi) is 2.43. The fraction of sp³-hybridized carbons (Fsp3) is 0.818. The molecule has 0 aromatic carbocycles. The minimum absolute atomic E-state index is 0.159. The lowest BCUT2D eigenvalue weighted by atomic mass is 9.84. The molecule has 2 heteroatoms. The van der Waals surface area contributed by atoms with Crippen molar-refractivity contribution in [2.45, 2.75) is 38.3 Å². The number of rotatable bonds is 1. The van der Waals surface area contributed by atoms with Crippen molar-refractivity contribution in [1.29, 1.82) is 0 Å². The molecule has 2 aliphatic heterocycles. The van der Waals surface area contributed by atoms with Crippen LogP contribution in [0.1, 0.15) is 26.2 Å². The molecule has 0 aliphatic carbocycles. The van der Waals surface area contributed by atoms with Crippen molar-refractivity contribution in [3.8, 4) is 0 Å². The Morgan fingerprint density at radius 2 is 2.15 bits per heavy atom. The second kappa shape index (κ2) is 3.43. The van der Waals surface area contributed by atoms with Gasteiger partial charge in [-0.15, -0.1) is 0 Å². The van der Waals surface area contributed by atoms with Crippen LogP contribution in [0, 0.1) is 5.92 Å². The maximum atomic E-state index is 10.1. The largest absolute Gasteiger partial charge is 0.391 e. The summed E-state index contributed by atoms with van der Waals surface area (Å²) in [5.74, 6) is 0.347. The molecule has 0 amide bonds. The lowest BCUT2D eigenvalue weighted by Crippen LogP contribution is -2.49. The SMILES string of the molecule is C=C(C)[C@H]1CCN2CCC[C@H]2[C@@H]1O. The predicted octanol–water partition coefficient (Wildman–Crippen LogP) is 1.41. The molecular formula is C11H19NO. The monoisotopic (exact) mass is 181 g/mol. The van der Waals surface area contributed by atoms with Crippen LogP contribution in [0.3, 0.4) is 0 Å². The lowest BCUT2D eigenvalue weighted by Gasteiger charge is -2.39. The molecule has 2 aliphatic rings. The minimum Gasteiger partial charge on any atom is -0.391 e. The maximum Gasteiger partial charge on any atom is 0.0760 e. The fourth-order valence-electron chi connectivity index (χ4n) is 2.80. The van der Waals surface area contributed by atoms with Crippen LogP contribution < -0.4 is 0 Å². The van der Waals surface area contributed by atoms with Crippen molar-refractivity contribution in [2.75, 3.05) is 13.1 Å². The maximum absolute atomic E-state index is 10.1. The number of hydrogen-bond acceptors (Lipinski definition) is 2. The number of aliphatic hydroxyl groups is 1. The zero-order valence-corrected chi connectivity index (χ0v) is 8.37. The number of piperidine rings is 1. The van der Waals surface area contributed by atoms with Gasteiger partial charge in [-0.3, -0.25) is 4.90 Å². The van der Waals surface area contributed by atoms with E-state index in [9.17, 15) is 5.11 Å². The van der Waals surface area contributed by atoms with E-state index in [-0.39, 0.29) is 6.10 Å². The number of hydrogen-bond donors (Lipinski definition) is 1. The summed E-state index contributed by atoms with van der Waals surface area (Å²) in [5.41, 5.74) is 1.15. The molecule has 2 heterocycles. The van der Waals surface area contributed by atoms with Crippen molar-refractivity contribution in [2.24, 2.45) is 5.92 Å². The van der Waals surface area contributed by atoms with Gasteiger partial charge in [0.2, 0.25) is 0 Å². The Morgan fingerprint density at radius 1 is 1.38 bits per heavy atom. The molecule has 0 unspecified atom stereocenters. The summed E-state index contributed by atoms with van der Waals surface area (Å²) in [4.78, 5) is 2.43. The average Bonchev–Trinajstić information content (AvgIpc) is 2.52. The fourth-order valence-corrected chi connectivity index (χ4v) is 2.80. The van der Waals surface area contributed by atoms with Gasteiger partial charge in [-0.05, 0) is 39.3 Å². The van der Waals surface area contributed by atoms with Gasteiger partial charge < -0.3 is 5.11 Å². The smallest absolute Gasteiger partial charge is 0.0760 e. The molecule has 2 rings (SSSR count). The van der Waals surface area contributed by atoms with Gasteiger partial charge in [0.15, 0.2) is 0 Å². The molecule has 0 aromatic rings. The molecular weight excluding hydrogens is 162 g/mol. The predicted molar refractivity (Wildman–Crippen MR) is 53.5 cm³/mol. The van der Waals surface area contributed by atoms with Gasteiger partial charge in [0, 0.05) is 12.0 Å². The molecule has 74 valence electrons. The van der Waals surface area contributed by atoms with Gasteiger partial charge in [-0.1, -0.05) is 12.2 Å². The normalized spacial score (nSPS) is 40.3. The first-order valence-electron chi connectivity index (χ1n) is 5.27. The first kappa shape index (κ1) is 9.22. The second-order valence-electron chi connectivity index (χ2n) is 4.48. The summed E-state index contributed by atoms with van der Waals surface area (Å²) >= 11 is 0. The van der Waals surface area contributed by atoms with Crippen LogP contribution in [-0.4, -0.2) is 35.2 Å². The van der Waals surface area contributed by atoms with Crippen molar-refractivity contribution >= 4 is 0 Å². The zero-order valence-electron chi connectivity index (χ0n) is 8.37. The number of nitrogens with zero attached hydrogens (tertiary/aromatic N) is 1. The Morgan fingerprint density at radius 3 is 2.85 bits per heavy atom. The van der Waals surface area contributed by atoms with Crippen LogP contribution >= 0.6 is 0 Å². The average molecular weight is 181 g/mol. The molecule has 0 radical (unpaired) electrons. The van der Waals surface area contributed by atoms with E-state index in [4.69, 9.17) is 0 Å². The quantitative estimate of drug-likeness (QED) is 0.618. The van der Waals surface area contributed by atoms with Crippen LogP contribution in [0.2, 0.25) is 0 Å². The molecule has 0 bridgehead atoms. The summed E-state index contributed by atoms with van der Waals surface area (Å²) < 4.78 is 0. The van der Waals surface area contributed by atoms with E-state index in [2.05, 4.69) is 11.5 Å². The first-order valence-corrected chi connectivity index (χ1v) is 5.27. The minimum atomic E-state index is -0.159. The van der Waals surface area contributed by atoms with E-state index in [0.717, 1.165) is 18.5 Å². The topological polar surface area (TPSA) is 23.5 Å². The van der Waals surface area contributed by atoms with E-state index >= 15 is 0 Å². The molecule has 2 nitrogen and oxygen atoms in total. The Balaban J connectivity index is 2.08. The molecule has 2 fully saturated rings. The van der Waals surface area contributed by atoms with E-state index in [0.29, 0.717) is 12.0 Å². The van der Waals surface area contributed by atoms with Crippen molar-refractivity contribution in [1.82, 2.24) is 4.90 Å². The van der Waals surface area contributed by atoms with Gasteiger partial charge in [-0.2, -0.15) is 0 Å².